The second-order valence-corrected chi connectivity index (χ2v) is 5.10. The molecule has 1 saturated carbocycles. The van der Waals surface area contributed by atoms with Crippen molar-refractivity contribution in [1.82, 2.24) is 10.6 Å². The van der Waals surface area contributed by atoms with Crippen molar-refractivity contribution >= 4 is 5.91 Å². The predicted octanol–water partition coefficient (Wildman–Crippen LogP) is 1.29. The van der Waals surface area contributed by atoms with Gasteiger partial charge in [0.25, 0.3) is 0 Å². The zero-order valence-electron chi connectivity index (χ0n) is 9.52. The van der Waals surface area contributed by atoms with E-state index >= 15 is 0 Å². The van der Waals surface area contributed by atoms with E-state index in [1.165, 1.54) is 0 Å². The van der Waals surface area contributed by atoms with Crippen LogP contribution < -0.4 is 10.6 Å². The molecule has 0 unspecified atom stereocenters. The normalized spacial score (nSPS) is 16.8. The molecule has 1 amide bonds. The Bertz CT molecular complexity index is 192. The average Bonchev–Trinajstić information content (AvgIpc) is 2.83. The van der Waals surface area contributed by atoms with E-state index < -0.39 is 0 Å². The van der Waals surface area contributed by atoms with E-state index in [1.807, 2.05) is 0 Å². The lowest BCUT2D eigenvalue weighted by Gasteiger charge is -2.20. The van der Waals surface area contributed by atoms with Crippen molar-refractivity contribution in [3.8, 4) is 0 Å². The van der Waals surface area contributed by atoms with E-state index in [1.54, 1.807) is 0 Å². The summed E-state index contributed by atoms with van der Waals surface area (Å²) >= 11 is 0. The molecule has 0 bridgehead atoms. The predicted molar refractivity (Wildman–Crippen MR) is 58.1 cm³/mol. The summed E-state index contributed by atoms with van der Waals surface area (Å²) in [4.78, 5) is 11.2. The third-order valence-electron chi connectivity index (χ3n) is 2.26. The quantitative estimate of drug-likeness (QED) is 0.654. The minimum atomic E-state index is 0.181. The Morgan fingerprint density at radius 2 is 1.93 bits per heavy atom. The summed E-state index contributed by atoms with van der Waals surface area (Å²) in [5.74, 6) is 0.589. The Kier molecular flexibility index (Phi) is 3.93. The van der Waals surface area contributed by atoms with Crippen LogP contribution in [0.15, 0.2) is 0 Å². The Morgan fingerprint density at radius 3 is 2.43 bits per heavy atom. The van der Waals surface area contributed by atoms with Gasteiger partial charge in [-0.3, -0.25) is 4.79 Å². The first-order valence-corrected chi connectivity index (χ1v) is 5.52. The first-order chi connectivity index (χ1) is 6.49. The number of hydrogen-bond donors (Lipinski definition) is 2. The first kappa shape index (κ1) is 11.5. The summed E-state index contributed by atoms with van der Waals surface area (Å²) in [7, 11) is 0. The number of amides is 1. The fourth-order valence-corrected chi connectivity index (χ4v) is 1.25. The van der Waals surface area contributed by atoms with Gasteiger partial charge in [-0.05, 0) is 46.6 Å². The molecule has 0 atom stereocenters. The number of carbonyl (C=O) groups is 1. The van der Waals surface area contributed by atoms with Crippen LogP contribution in [0.2, 0.25) is 0 Å². The van der Waals surface area contributed by atoms with Gasteiger partial charge in [0, 0.05) is 18.0 Å². The Morgan fingerprint density at radius 1 is 1.29 bits per heavy atom. The third kappa shape index (κ3) is 5.22. The summed E-state index contributed by atoms with van der Waals surface area (Å²) in [6.07, 6.45) is 3.19. The van der Waals surface area contributed by atoms with E-state index in [2.05, 4.69) is 31.4 Å². The van der Waals surface area contributed by atoms with Gasteiger partial charge in [0.1, 0.15) is 0 Å². The van der Waals surface area contributed by atoms with Crippen LogP contribution in [0.5, 0.6) is 0 Å². The van der Waals surface area contributed by atoms with Crippen molar-refractivity contribution < 1.29 is 4.79 Å². The van der Waals surface area contributed by atoms with E-state index in [4.69, 9.17) is 0 Å². The molecule has 82 valence electrons. The van der Waals surface area contributed by atoms with Crippen LogP contribution in [0, 0.1) is 5.92 Å². The van der Waals surface area contributed by atoms with Crippen molar-refractivity contribution in [1.29, 1.82) is 0 Å². The molecule has 0 aromatic rings. The van der Waals surface area contributed by atoms with Crippen LogP contribution in [-0.4, -0.2) is 24.5 Å². The van der Waals surface area contributed by atoms with E-state index in [-0.39, 0.29) is 11.4 Å². The molecule has 2 N–H and O–H groups in total. The molecule has 3 nitrogen and oxygen atoms in total. The van der Waals surface area contributed by atoms with Crippen molar-refractivity contribution in [2.45, 2.75) is 45.6 Å². The Hall–Kier alpha value is -0.570. The van der Waals surface area contributed by atoms with Gasteiger partial charge in [-0.2, -0.15) is 0 Å². The molecule has 1 aliphatic rings. The maximum Gasteiger partial charge on any atom is 0.223 e. The van der Waals surface area contributed by atoms with Crippen LogP contribution in [0.1, 0.15) is 40.0 Å². The fourth-order valence-electron chi connectivity index (χ4n) is 1.25. The van der Waals surface area contributed by atoms with Crippen LogP contribution >= 0.6 is 0 Å². The van der Waals surface area contributed by atoms with Gasteiger partial charge in [-0.15, -0.1) is 0 Å². The first-order valence-electron chi connectivity index (χ1n) is 5.52. The molecular weight excluding hydrogens is 176 g/mol. The van der Waals surface area contributed by atoms with Gasteiger partial charge in [0.2, 0.25) is 5.91 Å². The largest absolute Gasteiger partial charge is 0.356 e. The zero-order chi connectivity index (χ0) is 10.6. The molecule has 1 fully saturated rings. The number of rotatable bonds is 5. The van der Waals surface area contributed by atoms with Gasteiger partial charge in [0.05, 0.1) is 0 Å². The van der Waals surface area contributed by atoms with Crippen LogP contribution in [0.4, 0.5) is 0 Å². The monoisotopic (exact) mass is 198 g/mol. The second kappa shape index (κ2) is 4.78. The van der Waals surface area contributed by atoms with Gasteiger partial charge < -0.3 is 10.6 Å². The highest BCUT2D eigenvalue weighted by atomic mass is 16.2. The highest BCUT2D eigenvalue weighted by Crippen LogP contribution is 2.28. The van der Waals surface area contributed by atoms with Crippen LogP contribution in [-0.2, 0) is 4.79 Å². The average molecular weight is 198 g/mol. The maximum atomic E-state index is 11.2. The van der Waals surface area contributed by atoms with Gasteiger partial charge in [0.15, 0.2) is 0 Å². The third-order valence-corrected chi connectivity index (χ3v) is 2.26. The SMILES string of the molecule is CC(C)(C)NCCCNC(=O)C1CC1. The molecule has 0 heterocycles. The van der Waals surface area contributed by atoms with Crippen molar-refractivity contribution in [2.24, 2.45) is 5.92 Å². The molecule has 14 heavy (non-hydrogen) atoms. The Labute approximate surface area is 86.6 Å². The summed E-state index contributed by atoms with van der Waals surface area (Å²) in [5.41, 5.74) is 0.181. The maximum absolute atomic E-state index is 11.2. The van der Waals surface area contributed by atoms with Crippen LogP contribution in [0.25, 0.3) is 0 Å². The molecule has 0 spiro atoms. The van der Waals surface area contributed by atoms with Crippen molar-refractivity contribution in [2.75, 3.05) is 13.1 Å². The summed E-state index contributed by atoms with van der Waals surface area (Å²) in [5, 5.41) is 6.34. The molecule has 0 aliphatic heterocycles. The highest BCUT2D eigenvalue weighted by Gasteiger charge is 2.28. The van der Waals surface area contributed by atoms with Gasteiger partial charge in [-0.25, -0.2) is 0 Å². The van der Waals surface area contributed by atoms with Crippen molar-refractivity contribution in [3.63, 3.8) is 0 Å². The lowest BCUT2D eigenvalue weighted by Crippen LogP contribution is -2.38. The van der Waals surface area contributed by atoms with Crippen molar-refractivity contribution in [3.05, 3.63) is 0 Å². The number of carbonyl (C=O) groups excluding carboxylic acids is 1. The highest BCUT2D eigenvalue weighted by molar-refractivity contribution is 5.80. The molecule has 1 aliphatic carbocycles. The molecule has 3 heteroatoms. The summed E-state index contributed by atoms with van der Waals surface area (Å²) < 4.78 is 0. The molecule has 0 radical (unpaired) electrons. The molecule has 0 aromatic carbocycles. The zero-order valence-corrected chi connectivity index (χ0v) is 9.52. The Balaban J connectivity index is 1.91. The molecule has 1 rings (SSSR count). The second-order valence-electron chi connectivity index (χ2n) is 5.10. The number of hydrogen-bond acceptors (Lipinski definition) is 2. The molecular formula is C11H22N2O. The summed E-state index contributed by atoms with van der Waals surface area (Å²) in [6.45, 7) is 8.22. The number of nitrogens with one attached hydrogen (secondary N) is 2. The lowest BCUT2D eigenvalue weighted by molar-refractivity contribution is -0.122. The van der Waals surface area contributed by atoms with Gasteiger partial charge >= 0.3 is 0 Å². The lowest BCUT2D eigenvalue weighted by atomic mass is 10.1. The molecule has 0 aromatic heterocycles. The summed E-state index contributed by atoms with van der Waals surface area (Å²) in [6, 6.07) is 0. The van der Waals surface area contributed by atoms with E-state index in [0.717, 1.165) is 32.4 Å². The molecule has 0 saturated heterocycles. The van der Waals surface area contributed by atoms with Gasteiger partial charge in [-0.1, -0.05) is 0 Å². The van der Waals surface area contributed by atoms with E-state index in [0.29, 0.717) is 5.92 Å². The smallest absolute Gasteiger partial charge is 0.223 e. The minimum absolute atomic E-state index is 0.181. The van der Waals surface area contributed by atoms with E-state index in [9.17, 15) is 4.79 Å². The topological polar surface area (TPSA) is 41.1 Å². The van der Waals surface area contributed by atoms with Crippen LogP contribution in [0.3, 0.4) is 0 Å². The fraction of sp³-hybridized carbons (Fsp3) is 0.909. The standard InChI is InChI=1S/C11H22N2O/c1-11(2,3)13-8-4-7-12-10(14)9-5-6-9/h9,13H,4-8H2,1-3H3,(H,12,14). The minimum Gasteiger partial charge on any atom is -0.356 e.